The lowest BCUT2D eigenvalue weighted by molar-refractivity contribution is -0.147. The molecule has 0 spiro atoms. The van der Waals surface area contributed by atoms with Crippen molar-refractivity contribution in [1.82, 2.24) is 19.6 Å². The quantitative estimate of drug-likeness (QED) is 0.616. The van der Waals surface area contributed by atoms with Crippen molar-refractivity contribution in [3.05, 3.63) is 47.0 Å². The molecule has 3 N–H and O–H groups in total. The number of aromatic nitrogens is 4. The van der Waals surface area contributed by atoms with Gasteiger partial charge in [0.1, 0.15) is 5.82 Å². The van der Waals surface area contributed by atoms with Crippen LogP contribution in [-0.2, 0) is 20.7 Å². The van der Waals surface area contributed by atoms with Crippen LogP contribution in [0.1, 0.15) is 23.4 Å². The molecule has 2 heterocycles. The highest BCUT2D eigenvalue weighted by Gasteiger charge is 2.15. The van der Waals surface area contributed by atoms with Crippen molar-refractivity contribution in [2.75, 3.05) is 17.7 Å². The molecule has 0 saturated carbocycles. The summed E-state index contributed by atoms with van der Waals surface area (Å²) >= 11 is 0. The Hall–Kier alpha value is -3.56. The summed E-state index contributed by atoms with van der Waals surface area (Å²) < 4.78 is 20.0. The van der Waals surface area contributed by atoms with E-state index >= 15 is 0 Å². The highest BCUT2D eigenvalue weighted by atomic mass is 19.1. The number of carbonyl (C=O) groups excluding carboxylic acids is 2. The minimum atomic E-state index is -0.619. The molecule has 1 aromatic carbocycles. The zero-order valence-corrected chi connectivity index (χ0v) is 15.4. The van der Waals surface area contributed by atoms with Gasteiger partial charge in [0.25, 0.3) is 11.7 Å². The summed E-state index contributed by atoms with van der Waals surface area (Å²) in [7, 11) is 0. The second-order valence-electron chi connectivity index (χ2n) is 6.13. The van der Waals surface area contributed by atoms with E-state index in [1.54, 1.807) is 13.0 Å². The van der Waals surface area contributed by atoms with Crippen LogP contribution >= 0.6 is 0 Å². The molecule has 0 aliphatic rings. The zero-order valence-electron chi connectivity index (χ0n) is 15.4. The third-order valence-corrected chi connectivity index (χ3v) is 4.16. The maximum Gasteiger partial charge on any atom is 0.306 e. The molecule has 0 atom stereocenters. The van der Waals surface area contributed by atoms with Gasteiger partial charge in [-0.05, 0) is 38.0 Å². The van der Waals surface area contributed by atoms with Gasteiger partial charge in [-0.15, -0.1) is 5.10 Å². The number of esters is 1. The number of anilines is 2. The zero-order chi connectivity index (χ0) is 20.3. The van der Waals surface area contributed by atoms with Gasteiger partial charge in [-0.1, -0.05) is 12.1 Å². The Morgan fingerprint density at radius 2 is 2.00 bits per heavy atom. The monoisotopic (exact) mass is 386 g/mol. The highest BCUT2D eigenvalue weighted by Crippen LogP contribution is 2.16. The Morgan fingerprint density at radius 3 is 2.75 bits per heavy atom. The van der Waals surface area contributed by atoms with E-state index in [-0.39, 0.29) is 18.1 Å². The van der Waals surface area contributed by atoms with Gasteiger partial charge in [0.2, 0.25) is 5.95 Å². The van der Waals surface area contributed by atoms with Gasteiger partial charge in [0.05, 0.1) is 5.69 Å². The van der Waals surface area contributed by atoms with Gasteiger partial charge < -0.3 is 15.8 Å². The molecule has 0 unspecified atom stereocenters. The number of ether oxygens (including phenoxy) is 1. The Kier molecular flexibility index (Phi) is 5.48. The van der Waals surface area contributed by atoms with Gasteiger partial charge in [-0.3, -0.25) is 9.59 Å². The fraction of sp³-hybridized carbons (Fsp3) is 0.278. The number of para-hydroxylation sites is 1. The van der Waals surface area contributed by atoms with Crippen molar-refractivity contribution in [1.29, 1.82) is 0 Å². The first kappa shape index (κ1) is 19.2. The second kappa shape index (κ2) is 7.99. The first-order chi connectivity index (χ1) is 13.3. The van der Waals surface area contributed by atoms with Crippen molar-refractivity contribution in [3.63, 3.8) is 0 Å². The smallest absolute Gasteiger partial charge is 0.306 e. The molecule has 3 aromatic rings. The fourth-order valence-electron chi connectivity index (χ4n) is 2.78. The van der Waals surface area contributed by atoms with Gasteiger partial charge in [0, 0.05) is 17.8 Å². The number of halogens is 1. The van der Waals surface area contributed by atoms with Crippen molar-refractivity contribution in [3.8, 4) is 0 Å². The average Bonchev–Trinajstić information content (AvgIpc) is 3.02. The van der Waals surface area contributed by atoms with Crippen LogP contribution in [0.25, 0.3) is 5.78 Å². The van der Waals surface area contributed by atoms with Crippen LogP contribution in [0.3, 0.4) is 0 Å². The lowest BCUT2D eigenvalue weighted by Gasteiger charge is -2.10. The predicted molar refractivity (Wildman–Crippen MR) is 99.0 cm³/mol. The van der Waals surface area contributed by atoms with Crippen LogP contribution in [0, 0.1) is 19.7 Å². The highest BCUT2D eigenvalue weighted by molar-refractivity contribution is 5.92. The van der Waals surface area contributed by atoms with Crippen molar-refractivity contribution in [2.45, 2.75) is 26.7 Å². The van der Waals surface area contributed by atoms with E-state index in [2.05, 4.69) is 20.4 Å². The van der Waals surface area contributed by atoms with E-state index in [0.717, 1.165) is 11.3 Å². The molecule has 0 aliphatic carbocycles. The number of fused-ring (bicyclic) bond motifs is 1. The number of amides is 1. The van der Waals surface area contributed by atoms with E-state index in [4.69, 9.17) is 10.5 Å². The summed E-state index contributed by atoms with van der Waals surface area (Å²) in [6.07, 6.45) is 0.403. The summed E-state index contributed by atoms with van der Waals surface area (Å²) in [6.45, 7) is 3.14. The number of rotatable bonds is 6. The van der Waals surface area contributed by atoms with Gasteiger partial charge in [0.15, 0.2) is 6.61 Å². The SMILES string of the molecule is Cc1nc2nc(N)nn2c(C)c1CCC(=O)OCC(=O)Nc1ccccc1F. The van der Waals surface area contributed by atoms with Crippen molar-refractivity contribution in [2.24, 2.45) is 0 Å². The number of carbonyl (C=O) groups is 2. The maximum absolute atomic E-state index is 13.5. The molecule has 0 fully saturated rings. The van der Waals surface area contributed by atoms with E-state index in [1.165, 1.54) is 22.7 Å². The Balaban J connectivity index is 1.55. The van der Waals surface area contributed by atoms with Gasteiger partial charge >= 0.3 is 5.97 Å². The Bertz CT molecular complexity index is 1050. The first-order valence-electron chi connectivity index (χ1n) is 8.53. The van der Waals surface area contributed by atoms with Crippen LogP contribution < -0.4 is 11.1 Å². The molecule has 0 bridgehead atoms. The van der Waals surface area contributed by atoms with Crippen molar-refractivity contribution >= 4 is 29.3 Å². The van der Waals surface area contributed by atoms with Crippen LogP contribution in [0.4, 0.5) is 16.0 Å². The second-order valence-corrected chi connectivity index (χ2v) is 6.13. The van der Waals surface area contributed by atoms with Gasteiger partial charge in [-0.2, -0.15) is 9.50 Å². The standard InChI is InChI=1S/C18H19FN6O3/c1-10-12(11(2)25-18(21-10)23-17(20)24-25)7-8-16(27)28-9-15(26)22-14-6-4-3-5-13(14)19/h3-6H,7-9H2,1-2H3,(H2,20,24)(H,22,26). The summed E-state index contributed by atoms with van der Waals surface area (Å²) in [6, 6.07) is 5.73. The number of nitrogen functional groups attached to an aromatic ring is 1. The number of hydrogen-bond acceptors (Lipinski definition) is 7. The van der Waals surface area contributed by atoms with Crippen LogP contribution in [0.15, 0.2) is 24.3 Å². The molecule has 28 heavy (non-hydrogen) atoms. The van der Waals surface area contributed by atoms with Gasteiger partial charge in [-0.25, -0.2) is 9.37 Å². The molecule has 1 amide bonds. The molecule has 0 aliphatic heterocycles. The molecule has 3 rings (SSSR count). The molecule has 146 valence electrons. The average molecular weight is 386 g/mol. The summed E-state index contributed by atoms with van der Waals surface area (Å²) in [5.41, 5.74) is 7.93. The van der Waals surface area contributed by atoms with Crippen LogP contribution in [-0.4, -0.2) is 38.1 Å². The van der Waals surface area contributed by atoms with Crippen LogP contribution in [0.5, 0.6) is 0 Å². The topological polar surface area (TPSA) is 124 Å². The van der Waals surface area contributed by atoms with E-state index in [0.29, 0.717) is 17.9 Å². The number of aryl methyl sites for hydroxylation is 2. The van der Waals surface area contributed by atoms with Crippen molar-refractivity contribution < 1.29 is 18.7 Å². The number of hydrogen-bond donors (Lipinski definition) is 2. The molecular weight excluding hydrogens is 367 g/mol. The molecule has 0 radical (unpaired) electrons. The molecule has 9 nitrogen and oxygen atoms in total. The number of nitrogens with two attached hydrogens (primary N) is 1. The number of benzene rings is 1. The summed E-state index contributed by atoms with van der Waals surface area (Å²) in [4.78, 5) is 32.1. The molecule has 0 saturated heterocycles. The fourth-order valence-corrected chi connectivity index (χ4v) is 2.78. The van der Waals surface area contributed by atoms with Crippen LogP contribution in [0.2, 0.25) is 0 Å². The van der Waals surface area contributed by atoms with E-state index in [9.17, 15) is 14.0 Å². The Labute approximate surface area is 159 Å². The van der Waals surface area contributed by atoms with E-state index in [1.807, 2.05) is 6.92 Å². The molecule has 2 aromatic heterocycles. The molecule has 10 heteroatoms. The number of nitrogens with one attached hydrogen (secondary N) is 1. The lowest BCUT2D eigenvalue weighted by atomic mass is 10.1. The third kappa shape index (κ3) is 4.22. The third-order valence-electron chi connectivity index (χ3n) is 4.16. The first-order valence-corrected chi connectivity index (χ1v) is 8.53. The summed E-state index contributed by atoms with van der Waals surface area (Å²) in [5.74, 6) is -1.23. The Morgan fingerprint density at radius 1 is 1.25 bits per heavy atom. The number of nitrogens with zero attached hydrogens (tertiary/aromatic N) is 4. The maximum atomic E-state index is 13.5. The largest absolute Gasteiger partial charge is 0.456 e. The predicted octanol–water partition coefficient (Wildman–Crippen LogP) is 1.58. The normalized spacial score (nSPS) is 10.8. The lowest BCUT2D eigenvalue weighted by Crippen LogP contribution is -2.21. The summed E-state index contributed by atoms with van der Waals surface area (Å²) in [5, 5.41) is 6.42. The minimum Gasteiger partial charge on any atom is -0.456 e. The minimum absolute atomic E-state index is 0.0290. The van der Waals surface area contributed by atoms with E-state index < -0.39 is 24.3 Å². The molecular formula is C18H19FN6O3.